The maximum absolute atomic E-state index is 11.2. The number of rotatable bonds is 1. The van der Waals surface area contributed by atoms with Gasteiger partial charge in [0.25, 0.3) is 0 Å². The van der Waals surface area contributed by atoms with Crippen LogP contribution in [0.2, 0.25) is 0 Å². The smallest absolute Gasteiger partial charge is 0.0719 e. The van der Waals surface area contributed by atoms with Crippen LogP contribution in [0.25, 0.3) is 0 Å². The molecule has 0 bridgehead atoms. The lowest BCUT2D eigenvalue weighted by Crippen LogP contribution is -2.45. The third-order valence-electron chi connectivity index (χ3n) is 5.85. The summed E-state index contributed by atoms with van der Waals surface area (Å²) in [5.41, 5.74) is 2.31. The quantitative estimate of drug-likeness (QED) is 0.785. The van der Waals surface area contributed by atoms with Crippen LogP contribution in [-0.2, 0) is 12.8 Å². The van der Waals surface area contributed by atoms with Crippen molar-refractivity contribution in [2.24, 2.45) is 17.8 Å². The van der Waals surface area contributed by atoms with Gasteiger partial charge >= 0.3 is 0 Å². The van der Waals surface area contributed by atoms with Crippen molar-refractivity contribution in [1.82, 2.24) is 0 Å². The second kappa shape index (κ2) is 5.46. The highest BCUT2D eigenvalue weighted by molar-refractivity contribution is 9.10. The summed E-state index contributed by atoms with van der Waals surface area (Å²) in [6.45, 7) is 4.71. The third kappa shape index (κ3) is 2.69. The lowest BCUT2D eigenvalue weighted by molar-refractivity contribution is -0.0568. The van der Waals surface area contributed by atoms with Crippen LogP contribution in [0.15, 0.2) is 22.7 Å². The first-order valence-corrected chi connectivity index (χ1v) is 8.77. The number of aryl methyl sites for hydroxylation is 1. The van der Waals surface area contributed by atoms with E-state index in [1.807, 2.05) is 0 Å². The molecule has 1 N–H and O–H groups in total. The third-order valence-corrected chi connectivity index (χ3v) is 6.34. The Labute approximate surface area is 130 Å². The lowest BCUT2D eigenvalue weighted by atomic mass is 9.64. The van der Waals surface area contributed by atoms with E-state index in [-0.39, 0.29) is 0 Å². The van der Waals surface area contributed by atoms with Gasteiger partial charge in [-0.3, -0.25) is 0 Å². The molecule has 0 amide bonds. The highest BCUT2D eigenvalue weighted by Gasteiger charge is 2.42. The standard InChI is InChI=1S/C18H25BrO/c1-12-3-5-16(9-13(12)2)18(20)8-7-14-10-17(19)6-4-15(14)11-18/h4,6,10,12-13,16,20H,3,5,7-9,11H2,1-2H3. The molecule has 0 aromatic heterocycles. The Morgan fingerprint density at radius 2 is 1.95 bits per heavy atom. The molecule has 110 valence electrons. The Bertz CT molecular complexity index is 498. The molecule has 1 aromatic carbocycles. The average Bonchev–Trinajstić information content (AvgIpc) is 2.42. The van der Waals surface area contributed by atoms with E-state index in [1.54, 1.807) is 0 Å². The molecule has 20 heavy (non-hydrogen) atoms. The molecule has 4 atom stereocenters. The van der Waals surface area contributed by atoms with Crippen LogP contribution < -0.4 is 0 Å². The normalized spacial score (nSPS) is 37.5. The average molecular weight is 337 g/mol. The molecule has 0 heterocycles. The fraction of sp³-hybridized carbons (Fsp3) is 0.667. The fourth-order valence-electron chi connectivity index (χ4n) is 4.15. The molecule has 4 unspecified atom stereocenters. The van der Waals surface area contributed by atoms with Gasteiger partial charge in [0.1, 0.15) is 0 Å². The molecule has 2 heteroatoms. The molecule has 0 spiro atoms. The van der Waals surface area contributed by atoms with Gasteiger partial charge in [-0.05, 0) is 66.7 Å². The summed E-state index contributed by atoms with van der Waals surface area (Å²) in [5.74, 6) is 2.07. The van der Waals surface area contributed by atoms with E-state index in [0.29, 0.717) is 5.92 Å². The van der Waals surface area contributed by atoms with Crippen molar-refractivity contribution in [1.29, 1.82) is 0 Å². The predicted octanol–water partition coefficient (Wildman–Crippen LogP) is 4.74. The molecule has 0 radical (unpaired) electrons. The monoisotopic (exact) mass is 336 g/mol. The first kappa shape index (κ1) is 14.6. The molecule has 0 saturated heterocycles. The maximum atomic E-state index is 11.2. The van der Waals surface area contributed by atoms with E-state index in [0.717, 1.165) is 35.6 Å². The van der Waals surface area contributed by atoms with Gasteiger partial charge in [-0.1, -0.05) is 42.3 Å². The van der Waals surface area contributed by atoms with Gasteiger partial charge in [-0.2, -0.15) is 0 Å². The molecule has 1 fully saturated rings. The number of hydrogen-bond donors (Lipinski definition) is 1. The highest BCUT2D eigenvalue weighted by Crippen LogP contribution is 2.44. The molecular formula is C18H25BrO. The first-order valence-electron chi connectivity index (χ1n) is 7.97. The van der Waals surface area contributed by atoms with E-state index >= 15 is 0 Å². The Kier molecular flexibility index (Phi) is 3.98. The van der Waals surface area contributed by atoms with Gasteiger partial charge in [-0.15, -0.1) is 0 Å². The van der Waals surface area contributed by atoms with Gasteiger partial charge in [0.2, 0.25) is 0 Å². The van der Waals surface area contributed by atoms with Crippen LogP contribution in [0.1, 0.15) is 50.7 Å². The minimum Gasteiger partial charge on any atom is -0.389 e. The summed E-state index contributed by atoms with van der Waals surface area (Å²) in [7, 11) is 0. The van der Waals surface area contributed by atoms with Crippen molar-refractivity contribution in [3.8, 4) is 0 Å². The van der Waals surface area contributed by atoms with Crippen molar-refractivity contribution in [2.75, 3.05) is 0 Å². The fourth-order valence-corrected chi connectivity index (χ4v) is 4.56. The van der Waals surface area contributed by atoms with E-state index in [9.17, 15) is 5.11 Å². The summed E-state index contributed by atoms with van der Waals surface area (Å²) in [6.07, 6.45) is 6.48. The van der Waals surface area contributed by atoms with Crippen LogP contribution in [0.3, 0.4) is 0 Å². The number of fused-ring (bicyclic) bond motifs is 1. The van der Waals surface area contributed by atoms with Gasteiger partial charge in [-0.25, -0.2) is 0 Å². The number of halogens is 1. The highest BCUT2D eigenvalue weighted by atomic mass is 79.9. The lowest BCUT2D eigenvalue weighted by Gasteiger charge is -2.44. The zero-order valence-electron chi connectivity index (χ0n) is 12.5. The number of hydrogen-bond acceptors (Lipinski definition) is 1. The Balaban J connectivity index is 1.79. The Hall–Kier alpha value is -0.340. The van der Waals surface area contributed by atoms with Crippen LogP contribution in [0.4, 0.5) is 0 Å². The molecule has 3 rings (SSSR count). The predicted molar refractivity (Wildman–Crippen MR) is 86.8 cm³/mol. The molecular weight excluding hydrogens is 312 g/mol. The number of aliphatic hydroxyl groups is 1. The SMILES string of the molecule is CC1CCC(C2(O)CCc3cc(Br)ccc3C2)CC1C. The number of benzene rings is 1. The topological polar surface area (TPSA) is 20.2 Å². The van der Waals surface area contributed by atoms with E-state index in [4.69, 9.17) is 0 Å². The minimum absolute atomic E-state index is 0.463. The molecule has 0 aliphatic heterocycles. The largest absolute Gasteiger partial charge is 0.389 e. The van der Waals surface area contributed by atoms with Crippen molar-refractivity contribution < 1.29 is 5.11 Å². The van der Waals surface area contributed by atoms with E-state index in [2.05, 4.69) is 48.0 Å². The van der Waals surface area contributed by atoms with E-state index in [1.165, 1.54) is 30.4 Å². The van der Waals surface area contributed by atoms with Crippen LogP contribution in [0.5, 0.6) is 0 Å². The Morgan fingerprint density at radius 1 is 1.15 bits per heavy atom. The molecule has 1 aromatic rings. The molecule has 2 aliphatic carbocycles. The Morgan fingerprint density at radius 3 is 2.70 bits per heavy atom. The van der Waals surface area contributed by atoms with Gasteiger partial charge in [0.15, 0.2) is 0 Å². The second-order valence-corrected chi connectivity index (χ2v) is 8.07. The minimum atomic E-state index is -0.463. The van der Waals surface area contributed by atoms with Gasteiger partial charge < -0.3 is 5.11 Å². The summed E-state index contributed by atoms with van der Waals surface area (Å²) < 4.78 is 1.15. The van der Waals surface area contributed by atoms with Crippen molar-refractivity contribution in [2.45, 2.75) is 58.0 Å². The van der Waals surface area contributed by atoms with Gasteiger partial charge in [0, 0.05) is 10.9 Å². The zero-order valence-corrected chi connectivity index (χ0v) is 14.1. The zero-order chi connectivity index (χ0) is 14.3. The second-order valence-electron chi connectivity index (χ2n) is 7.16. The van der Waals surface area contributed by atoms with Crippen LogP contribution in [0, 0.1) is 17.8 Å². The van der Waals surface area contributed by atoms with Crippen molar-refractivity contribution in [3.63, 3.8) is 0 Å². The summed E-state index contributed by atoms with van der Waals surface area (Å²) in [6, 6.07) is 6.52. The summed E-state index contributed by atoms with van der Waals surface area (Å²) in [5, 5.41) is 11.2. The first-order chi connectivity index (χ1) is 9.48. The summed E-state index contributed by atoms with van der Waals surface area (Å²) in [4.78, 5) is 0. The molecule has 1 nitrogen and oxygen atoms in total. The van der Waals surface area contributed by atoms with Crippen molar-refractivity contribution >= 4 is 15.9 Å². The van der Waals surface area contributed by atoms with Crippen LogP contribution in [-0.4, -0.2) is 10.7 Å². The van der Waals surface area contributed by atoms with E-state index < -0.39 is 5.60 Å². The molecule has 2 aliphatic rings. The maximum Gasteiger partial charge on any atom is 0.0719 e. The summed E-state index contributed by atoms with van der Waals surface area (Å²) >= 11 is 3.55. The van der Waals surface area contributed by atoms with Gasteiger partial charge in [0.05, 0.1) is 5.60 Å². The van der Waals surface area contributed by atoms with Crippen molar-refractivity contribution in [3.05, 3.63) is 33.8 Å². The molecule has 1 saturated carbocycles. The van der Waals surface area contributed by atoms with Crippen LogP contribution >= 0.6 is 15.9 Å².